The van der Waals surface area contributed by atoms with Gasteiger partial charge in [-0.2, -0.15) is 10.1 Å². The quantitative estimate of drug-likeness (QED) is 0.736. The van der Waals surface area contributed by atoms with Crippen molar-refractivity contribution in [3.8, 4) is 0 Å². The number of aromatic nitrogens is 3. The Balaban J connectivity index is 1.64. The van der Waals surface area contributed by atoms with E-state index in [9.17, 15) is 13.6 Å². The number of ketones is 1. The Morgan fingerprint density at radius 1 is 1.04 bits per heavy atom. The molecule has 2 aromatic carbocycles. The number of fused-ring (bicyclic) bond motifs is 2. The summed E-state index contributed by atoms with van der Waals surface area (Å²) >= 11 is 0. The number of hydrogen-bond acceptors (Lipinski definition) is 4. The fraction of sp³-hybridized carbons (Fsp3) is 0.190. The fourth-order valence-corrected chi connectivity index (χ4v) is 4.17. The van der Waals surface area contributed by atoms with Crippen LogP contribution in [0, 0.1) is 17.6 Å². The van der Waals surface area contributed by atoms with Crippen molar-refractivity contribution in [1.29, 1.82) is 0 Å². The number of carbonyl (C=O) groups excluding carboxylic acids is 1. The second-order valence-electron chi connectivity index (χ2n) is 7.09. The van der Waals surface area contributed by atoms with Crippen molar-refractivity contribution in [3.63, 3.8) is 0 Å². The van der Waals surface area contributed by atoms with E-state index in [1.807, 2.05) is 36.4 Å². The highest BCUT2D eigenvalue weighted by molar-refractivity contribution is 5.88. The van der Waals surface area contributed by atoms with Crippen molar-refractivity contribution in [2.45, 2.75) is 18.4 Å². The van der Waals surface area contributed by atoms with Gasteiger partial charge in [0.05, 0.1) is 12.0 Å². The molecule has 2 aliphatic rings. The van der Waals surface area contributed by atoms with E-state index in [0.29, 0.717) is 23.6 Å². The SMILES string of the molecule is O=C1C[C@H](c2ccccc2)C=C2Nc3ncnn3[C@H](c3cc(F)cc(F)c3)[C@@H]12. The molecular formula is C21H16F2N4O. The van der Waals surface area contributed by atoms with Gasteiger partial charge in [0.2, 0.25) is 5.95 Å². The standard InChI is InChI=1S/C21H16F2N4O/c22-15-6-14(7-16(23)10-15)20-19-17(26-21-24-11-25-27(20)21)8-13(9-18(19)28)12-4-2-1-3-5-12/h1-8,10-11,13,19-20H,9H2,(H,24,25,26)/t13-,19-,20-/m1/s1. The number of rotatable bonds is 2. The van der Waals surface area contributed by atoms with Gasteiger partial charge < -0.3 is 5.32 Å². The maximum atomic E-state index is 13.9. The maximum Gasteiger partial charge on any atom is 0.226 e. The number of benzene rings is 2. The Kier molecular flexibility index (Phi) is 3.82. The first-order chi connectivity index (χ1) is 13.6. The Labute approximate surface area is 159 Å². The maximum absolute atomic E-state index is 13.9. The molecule has 3 aromatic rings. The van der Waals surface area contributed by atoms with Gasteiger partial charge in [0.15, 0.2) is 0 Å². The van der Waals surface area contributed by atoms with Crippen molar-refractivity contribution in [1.82, 2.24) is 14.8 Å². The lowest BCUT2D eigenvalue weighted by Crippen LogP contribution is -2.40. The molecule has 0 fully saturated rings. The van der Waals surface area contributed by atoms with Gasteiger partial charge in [-0.15, -0.1) is 0 Å². The number of hydrogen-bond donors (Lipinski definition) is 1. The molecule has 0 saturated heterocycles. The molecule has 5 rings (SSSR count). The Morgan fingerprint density at radius 2 is 1.79 bits per heavy atom. The number of carbonyl (C=O) groups is 1. The Hall–Kier alpha value is -3.35. The zero-order valence-corrected chi connectivity index (χ0v) is 14.7. The molecule has 0 radical (unpaired) electrons. The van der Waals surface area contributed by atoms with Crippen molar-refractivity contribution < 1.29 is 13.6 Å². The fourth-order valence-electron chi connectivity index (χ4n) is 4.17. The van der Waals surface area contributed by atoms with Crippen LogP contribution in [0.5, 0.6) is 0 Å². The van der Waals surface area contributed by atoms with Gasteiger partial charge in [0.1, 0.15) is 23.7 Å². The molecule has 1 N–H and O–H groups in total. The van der Waals surface area contributed by atoms with E-state index in [2.05, 4.69) is 15.4 Å². The lowest BCUT2D eigenvalue weighted by atomic mass is 9.75. The summed E-state index contributed by atoms with van der Waals surface area (Å²) < 4.78 is 29.3. The van der Waals surface area contributed by atoms with Gasteiger partial charge >= 0.3 is 0 Å². The van der Waals surface area contributed by atoms with Crippen LogP contribution in [0.25, 0.3) is 0 Å². The summed E-state index contributed by atoms with van der Waals surface area (Å²) in [4.78, 5) is 17.4. The van der Waals surface area contributed by atoms with Gasteiger partial charge in [-0.25, -0.2) is 13.5 Å². The molecule has 0 amide bonds. The van der Waals surface area contributed by atoms with Crippen LogP contribution in [-0.4, -0.2) is 20.5 Å². The van der Waals surface area contributed by atoms with Crippen molar-refractivity contribution in [2.24, 2.45) is 5.92 Å². The van der Waals surface area contributed by atoms with Crippen LogP contribution in [0.1, 0.15) is 29.5 Å². The minimum Gasteiger partial charge on any atom is -0.328 e. The highest BCUT2D eigenvalue weighted by Crippen LogP contribution is 2.44. The van der Waals surface area contributed by atoms with Crippen LogP contribution in [0.3, 0.4) is 0 Å². The molecule has 0 saturated carbocycles. The molecule has 0 spiro atoms. The highest BCUT2D eigenvalue weighted by atomic mass is 19.1. The van der Waals surface area contributed by atoms with E-state index < -0.39 is 23.6 Å². The van der Waals surface area contributed by atoms with E-state index in [4.69, 9.17) is 0 Å². The summed E-state index contributed by atoms with van der Waals surface area (Å²) in [5, 5.41) is 7.38. The molecule has 1 aliphatic heterocycles. The predicted molar refractivity (Wildman–Crippen MR) is 98.5 cm³/mol. The van der Waals surface area contributed by atoms with Gasteiger partial charge in [-0.1, -0.05) is 36.4 Å². The van der Waals surface area contributed by atoms with Crippen LogP contribution in [0.4, 0.5) is 14.7 Å². The second kappa shape index (κ2) is 6.37. The van der Waals surface area contributed by atoms with E-state index >= 15 is 0 Å². The summed E-state index contributed by atoms with van der Waals surface area (Å²) in [6.45, 7) is 0. The van der Waals surface area contributed by atoms with Gasteiger partial charge in [-0.05, 0) is 23.3 Å². The summed E-state index contributed by atoms with van der Waals surface area (Å²) in [6, 6.07) is 12.4. The lowest BCUT2D eigenvalue weighted by molar-refractivity contribution is -0.123. The molecule has 28 heavy (non-hydrogen) atoms. The van der Waals surface area contributed by atoms with Crippen LogP contribution < -0.4 is 5.32 Å². The average Bonchev–Trinajstić information content (AvgIpc) is 3.14. The second-order valence-corrected chi connectivity index (χ2v) is 7.09. The number of nitrogens with zero attached hydrogens (tertiary/aromatic N) is 3. The summed E-state index contributed by atoms with van der Waals surface area (Å²) in [5.41, 5.74) is 2.09. The third-order valence-corrected chi connectivity index (χ3v) is 5.35. The summed E-state index contributed by atoms with van der Waals surface area (Å²) in [6.07, 6.45) is 3.70. The third kappa shape index (κ3) is 2.70. The zero-order chi connectivity index (χ0) is 19.3. The molecule has 0 unspecified atom stereocenters. The highest BCUT2D eigenvalue weighted by Gasteiger charge is 2.43. The molecule has 1 aliphatic carbocycles. The topological polar surface area (TPSA) is 59.8 Å². The minimum atomic E-state index is -0.689. The molecule has 0 bridgehead atoms. The van der Waals surface area contributed by atoms with Gasteiger partial charge in [-0.3, -0.25) is 4.79 Å². The molecule has 2 heterocycles. The number of halogens is 2. The Bertz CT molecular complexity index is 1070. The minimum absolute atomic E-state index is 0.00493. The van der Waals surface area contributed by atoms with Gasteiger partial charge in [0, 0.05) is 24.1 Å². The smallest absolute Gasteiger partial charge is 0.226 e. The molecule has 1 aromatic heterocycles. The first-order valence-corrected chi connectivity index (χ1v) is 9.02. The lowest BCUT2D eigenvalue weighted by Gasteiger charge is -2.38. The Morgan fingerprint density at radius 3 is 2.54 bits per heavy atom. The van der Waals surface area contributed by atoms with Crippen molar-refractivity contribution in [2.75, 3.05) is 5.32 Å². The molecular weight excluding hydrogens is 362 g/mol. The van der Waals surface area contributed by atoms with E-state index in [-0.39, 0.29) is 11.7 Å². The molecule has 7 heteroatoms. The number of nitrogens with one attached hydrogen (secondary N) is 1. The van der Waals surface area contributed by atoms with Crippen molar-refractivity contribution >= 4 is 11.7 Å². The number of anilines is 1. The van der Waals surface area contributed by atoms with Crippen LogP contribution >= 0.6 is 0 Å². The first kappa shape index (κ1) is 16.8. The number of Topliss-reactive ketones (excluding diaryl/α,β-unsaturated/α-hetero) is 1. The van der Waals surface area contributed by atoms with Crippen LogP contribution in [0.2, 0.25) is 0 Å². The molecule has 5 nitrogen and oxygen atoms in total. The van der Waals surface area contributed by atoms with E-state index in [0.717, 1.165) is 11.6 Å². The average molecular weight is 378 g/mol. The normalized spacial score (nSPS) is 23.4. The molecule has 3 atom stereocenters. The van der Waals surface area contributed by atoms with Crippen LogP contribution in [0.15, 0.2) is 66.6 Å². The van der Waals surface area contributed by atoms with Crippen LogP contribution in [-0.2, 0) is 4.79 Å². The third-order valence-electron chi connectivity index (χ3n) is 5.35. The summed E-state index contributed by atoms with van der Waals surface area (Å²) in [5.74, 6) is -1.60. The predicted octanol–water partition coefficient (Wildman–Crippen LogP) is 3.83. The van der Waals surface area contributed by atoms with E-state index in [1.165, 1.54) is 23.1 Å². The largest absolute Gasteiger partial charge is 0.328 e. The van der Waals surface area contributed by atoms with Gasteiger partial charge in [0.25, 0.3) is 0 Å². The number of allylic oxidation sites excluding steroid dienone is 2. The zero-order valence-electron chi connectivity index (χ0n) is 14.7. The van der Waals surface area contributed by atoms with E-state index in [1.54, 1.807) is 0 Å². The monoisotopic (exact) mass is 378 g/mol. The summed E-state index contributed by atoms with van der Waals surface area (Å²) in [7, 11) is 0. The first-order valence-electron chi connectivity index (χ1n) is 9.02. The molecule has 140 valence electrons. The van der Waals surface area contributed by atoms with Crippen molar-refractivity contribution in [3.05, 3.63) is 89.4 Å².